The lowest BCUT2D eigenvalue weighted by Gasteiger charge is -2.24. The van der Waals surface area contributed by atoms with Crippen LogP contribution in [0, 0.1) is 0 Å². The van der Waals surface area contributed by atoms with Gasteiger partial charge in [0, 0.05) is 34.2 Å². The Morgan fingerprint density at radius 2 is 1.84 bits per heavy atom. The second-order valence-electron chi connectivity index (χ2n) is 10.3. The normalized spacial score (nSPS) is 14.8. The first-order valence-electron chi connectivity index (χ1n) is 14.2. The molecule has 0 aliphatic carbocycles. The van der Waals surface area contributed by atoms with E-state index in [1.165, 1.54) is 11.3 Å². The van der Waals surface area contributed by atoms with Crippen LogP contribution in [0.25, 0.3) is 17.0 Å². The molecule has 0 spiro atoms. The molecule has 1 aliphatic rings. The number of esters is 1. The van der Waals surface area contributed by atoms with Crippen molar-refractivity contribution in [1.29, 1.82) is 0 Å². The molecular formula is C35H30ClN3O4S. The highest BCUT2D eigenvalue weighted by atomic mass is 35.5. The quantitative estimate of drug-likeness (QED) is 0.149. The van der Waals surface area contributed by atoms with E-state index in [0.717, 1.165) is 27.6 Å². The third-order valence-corrected chi connectivity index (χ3v) is 8.84. The van der Waals surface area contributed by atoms with E-state index in [0.29, 0.717) is 44.5 Å². The van der Waals surface area contributed by atoms with Crippen LogP contribution in [-0.2, 0) is 16.1 Å². The molecule has 7 nitrogen and oxygen atoms in total. The Labute approximate surface area is 263 Å². The summed E-state index contributed by atoms with van der Waals surface area (Å²) in [6.07, 6.45) is 5.62. The number of hydrogen-bond donors (Lipinski definition) is 0. The van der Waals surface area contributed by atoms with Crippen LogP contribution < -0.4 is 19.6 Å². The second-order valence-corrected chi connectivity index (χ2v) is 11.7. The Morgan fingerprint density at radius 3 is 2.59 bits per heavy atom. The number of para-hydroxylation sites is 1. The van der Waals surface area contributed by atoms with Gasteiger partial charge in [-0.15, -0.1) is 0 Å². The Bertz CT molecular complexity index is 2100. The van der Waals surface area contributed by atoms with Crippen molar-refractivity contribution in [3.05, 3.63) is 144 Å². The molecule has 0 bridgehead atoms. The van der Waals surface area contributed by atoms with Crippen LogP contribution in [0.1, 0.15) is 36.6 Å². The molecular weight excluding hydrogens is 594 g/mol. The van der Waals surface area contributed by atoms with Gasteiger partial charge in [-0.25, -0.2) is 9.79 Å². The first-order chi connectivity index (χ1) is 21.4. The number of nitrogens with zero attached hydrogens (tertiary/aromatic N) is 3. The van der Waals surface area contributed by atoms with Crippen molar-refractivity contribution in [2.45, 2.75) is 26.4 Å². The van der Waals surface area contributed by atoms with Gasteiger partial charge in [-0.1, -0.05) is 84.1 Å². The molecule has 2 aromatic heterocycles. The summed E-state index contributed by atoms with van der Waals surface area (Å²) in [5.41, 5.74) is 4.30. The predicted octanol–water partition coefficient (Wildman–Crippen LogP) is 6.02. The summed E-state index contributed by atoms with van der Waals surface area (Å²) in [6.45, 7) is 8.39. The number of benzene rings is 3. The average Bonchev–Trinajstić information content (AvgIpc) is 3.53. The van der Waals surface area contributed by atoms with E-state index in [1.54, 1.807) is 24.5 Å². The molecule has 9 heteroatoms. The standard InChI is InChI=1S/C35H30ClN3O4S/c1-4-18-43-26-16-14-23(15-17-26)32-31(34(41)42-5-2)22(3)37-35-39(32)33(40)30(44-35)19-25-21-38(29-13-9-7-11-27(25)29)20-24-10-6-8-12-28(24)36/h4,6-17,19,21,32H,1,5,18,20H2,2-3H3/b30-19-/t32-/m1/s1. The van der Waals surface area contributed by atoms with Gasteiger partial charge in [0.05, 0.1) is 28.5 Å². The molecule has 0 saturated heterocycles. The summed E-state index contributed by atoms with van der Waals surface area (Å²) in [5.74, 6) is 0.162. The monoisotopic (exact) mass is 623 g/mol. The van der Waals surface area contributed by atoms with Gasteiger partial charge in [0.25, 0.3) is 5.56 Å². The zero-order chi connectivity index (χ0) is 30.8. The Hall–Kier alpha value is -4.66. The molecule has 5 aromatic rings. The van der Waals surface area contributed by atoms with E-state index >= 15 is 0 Å². The van der Waals surface area contributed by atoms with Gasteiger partial charge in [-0.2, -0.15) is 0 Å². The molecule has 1 aliphatic heterocycles. The summed E-state index contributed by atoms with van der Waals surface area (Å²) >= 11 is 7.78. The van der Waals surface area contributed by atoms with Crippen LogP contribution in [0.3, 0.4) is 0 Å². The first-order valence-corrected chi connectivity index (χ1v) is 15.4. The van der Waals surface area contributed by atoms with Crippen molar-refractivity contribution >= 4 is 45.9 Å². The van der Waals surface area contributed by atoms with Crippen LogP contribution in [0.2, 0.25) is 5.02 Å². The number of ether oxygens (including phenoxy) is 2. The summed E-state index contributed by atoms with van der Waals surface area (Å²) in [7, 11) is 0. The molecule has 1 atom stereocenters. The summed E-state index contributed by atoms with van der Waals surface area (Å²) < 4.78 is 15.3. The number of hydrogen-bond acceptors (Lipinski definition) is 6. The van der Waals surface area contributed by atoms with Crippen molar-refractivity contribution < 1.29 is 14.3 Å². The first kappa shape index (κ1) is 29.4. The van der Waals surface area contributed by atoms with Gasteiger partial charge in [0.15, 0.2) is 4.80 Å². The number of fused-ring (bicyclic) bond motifs is 2. The van der Waals surface area contributed by atoms with E-state index in [2.05, 4.69) is 17.2 Å². The number of rotatable bonds is 9. The number of carbonyl (C=O) groups excluding carboxylic acids is 1. The largest absolute Gasteiger partial charge is 0.490 e. The lowest BCUT2D eigenvalue weighted by Crippen LogP contribution is -2.39. The molecule has 0 amide bonds. The van der Waals surface area contributed by atoms with E-state index in [-0.39, 0.29) is 12.2 Å². The van der Waals surface area contributed by atoms with Crippen molar-refractivity contribution in [2.24, 2.45) is 4.99 Å². The summed E-state index contributed by atoms with van der Waals surface area (Å²) in [6, 6.07) is 22.5. The molecule has 222 valence electrons. The molecule has 0 radical (unpaired) electrons. The highest BCUT2D eigenvalue weighted by Crippen LogP contribution is 2.32. The van der Waals surface area contributed by atoms with Gasteiger partial charge in [-0.05, 0) is 55.3 Å². The summed E-state index contributed by atoms with van der Waals surface area (Å²) in [5, 5.41) is 1.72. The molecule has 3 heterocycles. The van der Waals surface area contributed by atoms with E-state index in [4.69, 9.17) is 26.1 Å². The number of carbonyl (C=O) groups is 1. The molecule has 3 aromatic carbocycles. The lowest BCUT2D eigenvalue weighted by molar-refractivity contribution is -0.139. The topological polar surface area (TPSA) is 74.8 Å². The minimum atomic E-state index is -0.706. The third kappa shape index (κ3) is 5.54. The Balaban J connectivity index is 1.49. The van der Waals surface area contributed by atoms with Crippen molar-refractivity contribution in [3.8, 4) is 5.75 Å². The van der Waals surface area contributed by atoms with E-state index < -0.39 is 12.0 Å². The van der Waals surface area contributed by atoms with Crippen molar-refractivity contribution in [2.75, 3.05) is 13.2 Å². The molecule has 6 rings (SSSR count). The molecule has 0 fully saturated rings. The minimum Gasteiger partial charge on any atom is -0.490 e. The van der Waals surface area contributed by atoms with Crippen LogP contribution in [-0.4, -0.2) is 28.3 Å². The van der Waals surface area contributed by atoms with E-state index in [9.17, 15) is 9.59 Å². The van der Waals surface area contributed by atoms with E-state index in [1.807, 2.05) is 79.0 Å². The maximum absolute atomic E-state index is 14.2. The van der Waals surface area contributed by atoms with Gasteiger partial charge in [0.2, 0.25) is 0 Å². The van der Waals surface area contributed by atoms with Crippen LogP contribution in [0.5, 0.6) is 5.75 Å². The van der Waals surface area contributed by atoms with Crippen LogP contribution >= 0.6 is 22.9 Å². The molecule has 0 saturated carbocycles. The fourth-order valence-corrected chi connectivity index (χ4v) is 6.71. The van der Waals surface area contributed by atoms with Gasteiger partial charge in [-0.3, -0.25) is 9.36 Å². The predicted molar refractivity (Wildman–Crippen MR) is 175 cm³/mol. The second kappa shape index (κ2) is 12.5. The SMILES string of the molecule is C=CCOc1ccc([C@@H]2C(C(=O)OCC)=C(C)N=c3s/c(=C\c4cn(Cc5ccccc5Cl)c5ccccc45)c(=O)n32)cc1. The van der Waals surface area contributed by atoms with Gasteiger partial charge >= 0.3 is 5.97 Å². The third-order valence-electron chi connectivity index (χ3n) is 7.49. The molecule has 0 N–H and O–H groups in total. The van der Waals surface area contributed by atoms with Crippen molar-refractivity contribution in [3.63, 3.8) is 0 Å². The number of halogens is 1. The van der Waals surface area contributed by atoms with Crippen LogP contribution in [0.4, 0.5) is 0 Å². The Kier molecular flexibility index (Phi) is 8.37. The zero-order valence-corrected chi connectivity index (χ0v) is 25.9. The lowest BCUT2D eigenvalue weighted by atomic mass is 9.96. The summed E-state index contributed by atoms with van der Waals surface area (Å²) in [4.78, 5) is 32.6. The Morgan fingerprint density at radius 1 is 1.09 bits per heavy atom. The van der Waals surface area contributed by atoms with Crippen LogP contribution in [0.15, 0.2) is 113 Å². The highest BCUT2D eigenvalue weighted by molar-refractivity contribution is 7.07. The average molecular weight is 624 g/mol. The maximum Gasteiger partial charge on any atom is 0.338 e. The zero-order valence-electron chi connectivity index (χ0n) is 24.3. The maximum atomic E-state index is 14.2. The molecule has 0 unspecified atom stereocenters. The minimum absolute atomic E-state index is 0.208. The smallest absolute Gasteiger partial charge is 0.338 e. The van der Waals surface area contributed by atoms with Gasteiger partial charge in [0.1, 0.15) is 12.4 Å². The number of allylic oxidation sites excluding steroid dienone is 1. The fourth-order valence-electron chi connectivity index (χ4n) is 5.48. The fraction of sp³-hybridized carbons (Fsp3) is 0.171. The number of thiazole rings is 1. The van der Waals surface area contributed by atoms with Crippen molar-refractivity contribution in [1.82, 2.24) is 9.13 Å². The highest BCUT2D eigenvalue weighted by Gasteiger charge is 2.33. The number of aromatic nitrogens is 2. The van der Waals surface area contributed by atoms with Gasteiger partial charge < -0.3 is 14.0 Å². The molecule has 44 heavy (non-hydrogen) atoms.